The number of carbonyl (C=O) groups excluding carboxylic acids is 1. The van der Waals surface area contributed by atoms with Crippen LogP contribution < -0.4 is 0 Å². The molecule has 0 unspecified atom stereocenters. The monoisotopic (exact) mass is 443 g/mol. The van der Waals surface area contributed by atoms with Crippen molar-refractivity contribution in [2.45, 2.75) is 72.1 Å². The van der Waals surface area contributed by atoms with Crippen LogP contribution in [-0.4, -0.2) is 18.1 Å². The SMILES string of the molecule is CCCc1ccc(C(CC)(CC)c2ccc(-c3cncc(CC(=O)OC)c3)c(C)c2)cc1C. The number of methoxy groups -OCH3 is 1. The molecule has 0 aliphatic heterocycles. The van der Waals surface area contributed by atoms with Crippen molar-refractivity contribution in [1.82, 2.24) is 4.98 Å². The quantitative estimate of drug-likeness (QED) is 0.330. The summed E-state index contributed by atoms with van der Waals surface area (Å²) in [4.78, 5) is 16.0. The van der Waals surface area contributed by atoms with E-state index >= 15 is 0 Å². The zero-order chi connectivity index (χ0) is 24.0. The van der Waals surface area contributed by atoms with Gasteiger partial charge in [0.2, 0.25) is 0 Å². The Morgan fingerprint density at radius 1 is 0.909 bits per heavy atom. The van der Waals surface area contributed by atoms with Crippen molar-refractivity contribution >= 4 is 5.97 Å². The van der Waals surface area contributed by atoms with E-state index in [2.05, 4.69) is 76.0 Å². The molecule has 0 saturated heterocycles. The first kappa shape index (κ1) is 24.7. The molecule has 0 atom stereocenters. The van der Waals surface area contributed by atoms with Crippen LogP contribution in [-0.2, 0) is 27.8 Å². The first-order valence-electron chi connectivity index (χ1n) is 12.1. The first-order chi connectivity index (χ1) is 15.9. The highest BCUT2D eigenvalue weighted by Gasteiger charge is 2.31. The summed E-state index contributed by atoms with van der Waals surface area (Å²) in [5.41, 5.74) is 9.85. The van der Waals surface area contributed by atoms with Crippen molar-refractivity contribution in [3.8, 4) is 11.1 Å². The summed E-state index contributed by atoms with van der Waals surface area (Å²) in [7, 11) is 1.41. The Morgan fingerprint density at radius 3 is 2.15 bits per heavy atom. The van der Waals surface area contributed by atoms with E-state index in [1.165, 1.54) is 41.3 Å². The maximum absolute atomic E-state index is 11.7. The highest BCUT2D eigenvalue weighted by molar-refractivity contribution is 5.74. The number of carbonyl (C=O) groups is 1. The maximum atomic E-state index is 11.7. The standard InChI is InChI=1S/C30H37NO2/c1-7-10-24-11-12-26(15-21(24)4)30(8-2,9-3)27-13-14-28(22(5)16-27)25-17-23(19-31-20-25)18-29(32)33-6/h11-17,19-20H,7-10,18H2,1-6H3. The number of aryl methyl sites for hydroxylation is 3. The van der Waals surface area contributed by atoms with E-state index in [1.807, 2.05) is 12.3 Å². The van der Waals surface area contributed by atoms with Gasteiger partial charge >= 0.3 is 5.97 Å². The number of nitrogens with zero attached hydrogens (tertiary/aromatic N) is 1. The molecule has 0 aliphatic carbocycles. The Kier molecular flexibility index (Phi) is 8.07. The predicted octanol–water partition coefficient (Wildman–Crippen LogP) is 7.14. The van der Waals surface area contributed by atoms with Crippen LogP contribution >= 0.6 is 0 Å². The van der Waals surface area contributed by atoms with Gasteiger partial charge in [-0.25, -0.2) is 0 Å². The largest absolute Gasteiger partial charge is 0.469 e. The van der Waals surface area contributed by atoms with Gasteiger partial charge in [0, 0.05) is 23.4 Å². The van der Waals surface area contributed by atoms with E-state index in [0.29, 0.717) is 0 Å². The highest BCUT2D eigenvalue weighted by Crippen LogP contribution is 2.41. The van der Waals surface area contributed by atoms with Crippen LogP contribution in [0, 0.1) is 13.8 Å². The molecule has 0 spiro atoms. The molecular weight excluding hydrogens is 406 g/mol. The van der Waals surface area contributed by atoms with E-state index < -0.39 is 0 Å². The van der Waals surface area contributed by atoms with E-state index in [0.717, 1.165) is 36.0 Å². The molecule has 3 nitrogen and oxygen atoms in total. The highest BCUT2D eigenvalue weighted by atomic mass is 16.5. The first-order valence-corrected chi connectivity index (χ1v) is 12.1. The lowest BCUT2D eigenvalue weighted by Crippen LogP contribution is -2.26. The number of aromatic nitrogens is 1. The minimum Gasteiger partial charge on any atom is -0.469 e. The van der Waals surface area contributed by atoms with Crippen molar-refractivity contribution < 1.29 is 9.53 Å². The number of pyridine rings is 1. The van der Waals surface area contributed by atoms with E-state index in [1.54, 1.807) is 6.20 Å². The molecule has 1 heterocycles. The molecular formula is C30H37NO2. The van der Waals surface area contributed by atoms with Crippen molar-refractivity contribution in [2.24, 2.45) is 0 Å². The van der Waals surface area contributed by atoms with Crippen LogP contribution in [0.25, 0.3) is 11.1 Å². The number of hydrogen-bond donors (Lipinski definition) is 0. The van der Waals surface area contributed by atoms with Crippen LogP contribution in [0.15, 0.2) is 54.9 Å². The average molecular weight is 444 g/mol. The average Bonchev–Trinajstić information content (AvgIpc) is 2.82. The Balaban J connectivity index is 2.01. The van der Waals surface area contributed by atoms with E-state index in [-0.39, 0.29) is 17.8 Å². The summed E-state index contributed by atoms with van der Waals surface area (Å²) >= 11 is 0. The van der Waals surface area contributed by atoms with Crippen molar-refractivity contribution in [1.29, 1.82) is 0 Å². The van der Waals surface area contributed by atoms with Crippen LogP contribution in [0.4, 0.5) is 0 Å². The smallest absolute Gasteiger partial charge is 0.310 e. The van der Waals surface area contributed by atoms with E-state index in [4.69, 9.17) is 4.74 Å². The molecule has 0 aliphatic rings. The zero-order valence-corrected chi connectivity index (χ0v) is 21.0. The number of benzene rings is 2. The predicted molar refractivity (Wildman–Crippen MR) is 137 cm³/mol. The van der Waals surface area contributed by atoms with Crippen LogP contribution in [0.1, 0.15) is 73.4 Å². The minimum atomic E-state index is -0.253. The van der Waals surface area contributed by atoms with Crippen LogP contribution in [0.5, 0.6) is 0 Å². The molecule has 33 heavy (non-hydrogen) atoms. The topological polar surface area (TPSA) is 39.2 Å². The summed E-state index contributed by atoms with van der Waals surface area (Å²) in [5.74, 6) is -0.253. The van der Waals surface area contributed by atoms with Crippen molar-refractivity contribution in [3.05, 3.63) is 88.2 Å². The van der Waals surface area contributed by atoms with Crippen molar-refractivity contribution in [2.75, 3.05) is 7.11 Å². The fourth-order valence-electron chi connectivity index (χ4n) is 5.03. The summed E-state index contributed by atoms with van der Waals surface area (Å²) in [6.07, 6.45) is 8.23. The number of esters is 1. The van der Waals surface area contributed by atoms with Gasteiger partial charge in [-0.2, -0.15) is 0 Å². The van der Waals surface area contributed by atoms with Gasteiger partial charge in [0.1, 0.15) is 0 Å². The summed E-state index contributed by atoms with van der Waals surface area (Å²) in [6.45, 7) is 11.2. The van der Waals surface area contributed by atoms with Gasteiger partial charge in [-0.15, -0.1) is 0 Å². The molecule has 0 radical (unpaired) electrons. The third-order valence-corrected chi connectivity index (χ3v) is 7.08. The van der Waals surface area contributed by atoms with Gasteiger partial charge in [-0.1, -0.05) is 63.6 Å². The van der Waals surface area contributed by atoms with Gasteiger partial charge in [0.25, 0.3) is 0 Å². The number of ether oxygens (including phenoxy) is 1. The van der Waals surface area contributed by atoms with E-state index in [9.17, 15) is 4.79 Å². The zero-order valence-electron chi connectivity index (χ0n) is 21.0. The molecule has 0 fully saturated rings. The second-order valence-electron chi connectivity index (χ2n) is 9.04. The summed E-state index contributed by atoms with van der Waals surface area (Å²) < 4.78 is 4.81. The fourth-order valence-corrected chi connectivity index (χ4v) is 5.03. The molecule has 0 amide bonds. The number of rotatable bonds is 9. The molecule has 0 bridgehead atoms. The summed E-state index contributed by atoms with van der Waals surface area (Å²) in [6, 6.07) is 15.9. The minimum absolute atomic E-state index is 0.0101. The Labute approximate surface area is 199 Å². The molecule has 0 saturated carbocycles. The lowest BCUT2D eigenvalue weighted by molar-refractivity contribution is -0.139. The molecule has 1 aromatic heterocycles. The van der Waals surface area contributed by atoms with Gasteiger partial charge in [0.05, 0.1) is 13.5 Å². The maximum Gasteiger partial charge on any atom is 0.310 e. The molecule has 3 heteroatoms. The third kappa shape index (κ3) is 5.19. The van der Waals surface area contributed by atoms with Gasteiger partial charge in [0.15, 0.2) is 0 Å². The number of hydrogen-bond acceptors (Lipinski definition) is 3. The third-order valence-electron chi connectivity index (χ3n) is 7.08. The van der Waals surface area contributed by atoms with Crippen molar-refractivity contribution in [3.63, 3.8) is 0 Å². The normalized spacial score (nSPS) is 11.5. The van der Waals surface area contributed by atoms with Crippen LogP contribution in [0.2, 0.25) is 0 Å². The van der Waals surface area contributed by atoms with Crippen LogP contribution in [0.3, 0.4) is 0 Å². The molecule has 3 rings (SSSR count). The Bertz CT molecular complexity index is 1110. The fraction of sp³-hybridized carbons (Fsp3) is 0.400. The second-order valence-corrected chi connectivity index (χ2v) is 9.04. The Morgan fingerprint density at radius 2 is 1.58 bits per heavy atom. The molecule has 3 aromatic rings. The molecule has 174 valence electrons. The Hall–Kier alpha value is -2.94. The van der Waals surface area contributed by atoms with Gasteiger partial charge in [-0.05, 0) is 78.1 Å². The summed E-state index contributed by atoms with van der Waals surface area (Å²) in [5, 5.41) is 0. The lowest BCUT2D eigenvalue weighted by atomic mass is 9.69. The lowest BCUT2D eigenvalue weighted by Gasteiger charge is -2.34. The molecule has 0 N–H and O–H groups in total. The van der Waals surface area contributed by atoms with Gasteiger partial charge in [-0.3, -0.25) is 9.78 Å². The van der Waals surface area contributed by atoms with Gasteiger partial charge < -0.3 is 4.74 Å². The second kappa shape index (κ2) is 10.8. The molecule has 2 aromatic carbocycles.